The third kappa shape index (κ3) is 4.34. The van der Waals surface area contributed by atoms with Crippen molar-refractivity contribution in [2.75, 3.05) is 13.7 Å². The maximum Gasteiger partial charge on any atom is 0.341 e. The van der Waals surface area contributed by atoms with Gasteiger partial charge in [0, 0.05) is 7.11 Å². The molecule has 0 aliphatic rings. The second kappa shape index (κ2) is 6.98. The average molecular weight is 367 g/mol. The van der Waals surface area contributed by atoms with Gasteiger partial charge in [0.15, 0.2) is 0 Å². The van der Waals surface area contributed by atoms with E-state index in [1.54, 1.807) is 31.4 Å². The van der Waals surface area contributed by atoms with Crippen molar-refractivity contribution >= 4 is 44.7 Å². The fraction of sp³-hybridized carbons (Fsp3) is 0.231. The topological polar surface area (TPSA) is 52.6 Å². The lowest BCUT2D eigenvalue weighted by Gasteiger charge is -2.07. The first-order valence-electron chi connectivity index (χ1n) is 5.89. The molecule has 21 heavy (non-hydrogen) atoms. The first-order chi connectivity index (χ1) is 9.92. The number of rotatable bonds is 6. The summed E-state index contributed by atoms with van der Waals surface area (Å²) in [4.78, 5) is -0.123. The van der Waals surface area contributed by atoms with Crippen LogP contribution < -0.4 is 4.18 Å². The number of hydrogen-bond acceptors (Lipinski definition) is 5. The molecule has 8 heteroatoms. The van der Waals surface area contributed by atoms with Gasteiger partial charge in [0.05, 0.1) is 10.9 Å². The van der Waals surface area contributed by atoms with Crippen LogP contribution >= 0.6 is 34.5 Å². The first-order valence-corrected chi connectivity index (χ1v) is 8.87. The Labute approximate surface area is 137 Å². The van der Waals surface area contributed by atoms with Crippen LogP contribution in [0.1, 0.15) is 5.56 Å². The monoisotopic (exact) mass is 366 g/mol. The Hall–Kier alpha value is -0.790. The Morgan fingerprint density at radius 3 is 2.38 bits per heavy atom. The number of ether oxygens (including phenoxy) is 1. The Balaban J connectivity index is 2.15. The molecule has 1 aromatic carbocycles. The van der Waals surface area contributed by atoms with E-state index in [0.717, 1.165) is 23.3 Å². The third-order valence-corrected chi connectivity index (χ3v) is 5.62. The molecule has 0 amide bonds. The van der Waals surface area contributed by atoms with Crippen LogP contribution in [-0.2, 0) is 21.3 Å². The molecule has 4 nitrogen and oxygen atoms in total. The summed E-state index contributed by atoms with van der Waals surface area (Å²) in [6, 6.07) is 8.02. The van der Waals surface area contributed by atoms with E-state index in [0.29, 0.717) is 6.61 Å². The summed E-state index contributed by atoms with van der Waals surface area (Å²) in [6.45, 7) is 0.599. The van der Waals surface area contributed by atoms with Crippen LogP contribution in [0, 0.1) is 0 Å². The van der Waals surface area contributed by atoms with Crippen LogP contribution in [-0.4, -0.2) is 22.1 Å². The minimum Gasteiger partial charge on any atom is -0.384 e. The maximum atomic E-state index is 12.1. The standard InChI is InChI=1S/C13H12Cl2O4S2/c1-18-7-6-9-2-4-10(5-3-9)19-21(16,17)11-8-12(14)20-13(11)15/h2-5,8H,6-7H2,1H3. The van der Waals surface area contributed by atoms with Crippen LogP contribution in [0.4, 0.5) is 0 Å². The van der Waals surface area contributed by atoms with Crippen LogP contribution in [0.5, 0.6) is 5.75 Å². The van der Waals surface area contributed by atoms with Crippen molar-refractivity contribution in [3.05, 3.63) is 44.6 Å². The van der Waals surface area contributed by atoms with E-state index in [1.807, 2.05) is 0 Å². The van der Waals surface area contributed by atoms with E-state index < -0.39 is 10.1 Å². The summed E-state index contributed by atoms with van der Waals surface area (Å²) < 4.78 is 34.6. The van der Waals surface area contributed by atoms with E-state index >= 15 is 0 Å². The van der Waals surface area contributed by atoms with E-state index in [9.17, 15) is 8.42 Å². The van der Waals surface area contributed by atoms with Crippen LogP contribution in [0.3, 0.4) is 0 Å². The van der Waals surface area contributed by atoms with Gasteiger partial charge in [-0.15, -0.1) is 11.3 Å². The van der Waals surface area contributed by atoms with E-state index in [4.69, 9.17) is 32.1 Å². The molecule has 0 unspecified atom stereocenters. The molecule has 114 valence electrons. The molecular weight excluding hydrogens is 355 g/mol. The van der Waals surface area contributed by atoms with Crippen molar-refractivity contribution in [3.8, 4) is 5.75 Å². The lowest BCUT2D eigenvalue weighted by Crippen LogP contribution is -2.09. The molecule has 0 aliphatic carbocycles. The quantitative estimate of drug-likeness (QED) is 0.724. The Morgan fingerprint density at radius 1 is 1.19 bits per heavy atom. The lowest BCUT2D eigenvalue weighted by atomic mass is 10.1. The van der Waals surface area contributed by atoms with Gasteiger partial charge in [-0.05, 0) is 30.2 Å². The van der Waals surface area contributed by atoms with E-state index in [2.05, 4.69) is 0 Å². The molecule has 0 fully saturated rings. The van der Waals surface area contributed by atoms with Gasteiger partial charge in [-0.3, -0.25) is 0 Å². The van der Waals surface area contributed by atoms with Crippen molar-refractivity contribution in [3.63, 3.8) is 0 Å². The largest absolute Gasteiger partial charge is 0.384 e. The number of hydrogen-bond donors (Lipinski definition) is 0. The summed E-state index contributed by atoms with van der Waals surface area (Å²) in [5.41, 5.74) is 1.03. The van der Waals surface area contributed by atoms with Gasteiger partial charge >= 0.3 is 10.1 Å². The average Bonchev–Trinajstić information content (AvgIpc) is 2.77. The summed E-state index contributed by atoms with van der Waals surface area (Å²) in [7, 11) is -2.36. The molecule has 0 bridgehead atoms. The minimum absolute atomic E-state index is 0.0803. The highest BCUT2D eigenvalue weighted by Crippen LogP contribution is 2.35. The molecular formula is C13H12Cl2O4S2. The van der Waals surface area contributed by atoms with E-state index in [-0.39, 0.29) is 19.3 Å². The smallest absolute Gasteiger partial charge is 0.341 e. The van der Waals surface area contributed by atoms with Crippen molar-refractivity contribution in [1.29, 1.82) is 0 Å². The zero-order chi connectivity index (χ0) is 15.5. The number of halogens is 2. The molecule has 0 aliphatic heterocycles. The zero-order valence-corrected chi connectivity index (χ0v) is 14.2. The fourth-order valence-corrected chi connectivity index (χ4v) is 4.64. The number of thiophene rings is 1. The van der Waals surface area contributed by atoms with Crippen molar-refractivity contribution < 1.29 is 17.3 Å². The van der Waals surface area contributed by atoms with Crippen molar-refractivity contribution in [2.45, 2.75) is 11.3 Å². The third-order valence-electron chi connectivity index (χ3n) is 2.62. The highest BCUT2D eigenvalue weighted by Gasteiger charge is 2.23. The van der Waals surface area contributed by atoms with Gasteiger partial charge in [-0.1, -0.05) is 35.3 Å². The van der Waals surface area contributed by atoms with Gasteiger partial charge in [0.2, 0.25) is 0 Å². The molecule has 0 spiro atoms. The molecule has 1 aromatic heterocycles. The predicted octanol–water partition coefficient (Wildman–Crippen LogP) is 4.01. The van der Waals surface area contributed by atoms with Crippen LogP contribution in [0.25, 0.3) is 0 Å². The Morgan fingerprint density at radius 2 is 1.86 bits per heavy atom. The fourth-order valence-electron chi connectivity index (χ4n) is 1.60. The Kier molecular flexibility index (Phi) is 5.51. The highest BCUT2D eigenvalue weighted by molar-refractivity contribution is 7.87. The summed E-state index contributed by atoms with van der Waals surface area (Å²) in [6.07, 6.45) is 0.746. The maximum absolute atomic E-state index is 12.1. The molecule has 0 saturated carbocycles. The molecule has 2 aromatic rings. The normalized spacial score (nSPS) is 11.6. The van der Waals surface area contributed by atoms with Gasteiger partial charge in [0.1, 0.15) is 15.0 Å². The molecule has 0 radical (unpaired) electrons. The summed E-state index contributed by atoms with van der Waals surface area (Å²) >= 11 is 12.6. The second-order valence-corrected chi connectivity index (χ2v) is 7.91. The molecule has 0 N–H and O–H groups in total. The van der Waals surface area contributed by atoms with Crippen LogP contribution in [0.2, 0.25) is 8.67 Å². The summed E-state index contributed by atoms with van der Waals surface area (Å²) in [5.74, 6) is 0.217. The van der Waals surface area contributed by atoms with Gasteiger partial charge in [0.25, 0.3) is 0 Å². The molecule has 0 saturated heterocycles. The highest BCUT2D eigenvalue weighted by atomic mass is 35.5. The van der Waals surface area contributed by atoms with Crippen molar-refractivity contribution in [2.24, 2.45) is 0 Å². The molecule has 1 heterocycles. The van der Waals surface area contributed by atoms with E-state index in [1.165, 1.54) is 6.07 Å². The van der Waals surface area contributed by atoms with Gasteiger partial charge in [-0.2, -0.15) is 8.42 Å². The zero-order valence-electron chi connectivity index (χ0n) is 11.0. The molecule has 2 rings (SSSR count). The van der Waals surface area contributed by atoms with Gasteiger partial charge in [-0.25, -0.2) is 0 Å². The van der Waals surface area contributed by atoms with Gasteiger partial charge < -0.3 is 8.92 Å². The Bertz CT molecular complexity index is 708. The minimum atomic E-state index is -3.98. The SMILES string of the molecule is COCCc1ccc(OS(=O)(=O)c2cc(Cl)sc2Cl)cc1. The molecule has 0 atom stereocenters. The van der Waals surface area contributed by atoms with Crippen molar-refractivity contribution in [1.82, 2.24) is 0 Å². The number of benzene rings is 1. The second-order valence-electron chi connectivity index (χ2n) is 4.11. The van der Waals surface area contributed by atoms with Crippen LogP contribution in [0.15, 0.2) is 35.2 Å². The predicted molar refractivity (Wildman–Crippen MR) is 84.2 cm³/mol. The summed E-state index contributed by atoms with van der Waals surface area (Å²) in [5, 5.41) is 0. The number of methoxy groups -OCH3 is 1. The lowest BCUT2D eigenvalue weighted by molar-refractivity contribution is 0.202. The first kappa shape index (κ1) is 16.6.